The summed E-state index contributed by atoms with van der Waals surface area (Å²) in [5.74, 6) is -0.563. The number of hydrogen-bond donors (Lipinski definition) is 1. The molecule has 1 saturated heterocycles. The van der Waals surface area contributed by atoms with E-state index >= 15 is 0 Å². The van der Waals surface area contributed by atoms with Crippen LogP contribution < -0.4 is 9.62 Å². The lowest BCUT2D eigenvalue weighted by atomic mass is 10.1. The second-order valence-electron chi connectivity index (χ2n) is 5.76. The van der Waals surface area contributed by atoms with Crippen LogP contribution in [0.4, 0.5) is 15.8 Å². The summed E-state index contributed by atoms with van der Waals surface area (Å²) >= 11 is 6.13. The fraction of sp³-hybridized carbons (Fsp3) is 0.235. The minimum Gasteiger partial charge on any atom is -0.326 e. The molecule has 1 fully saturated rings. The first-order valence-corrected chi connectivity index (χ1v) is 9.68. The van der Waals surface area contributed by atoms with Gasteiger partial charge in [-0.25, -0.2) is 12.8 Å². The molecule has 0 aliphatic carbocycles. The van der Waals surface area contributed by atoms with Crippen molar-refractivity contribution in [2.45, 2.75) is 12.8 Å². The SMILES string of the molecule is O=C(Cc1ccc(F)cc1)Nc1ccc(Cl)c(N2CCCS2(=O)=O)c1. The van der Waals surface area contributed by atoms with Crippen molar-refractivity contribution < 1.29 is 17.6 Å². The molecule has 0 bridgehead atoms. The number of nitrogens with one attached hydrogen (secondary N) is 1. The van der Waals surface area contributed by atoms with Gasteiger partial charge < -0.3 is 5.32 Å². The first-order chi connectivity index (χ1) is 11.8. The summed E-state index contributed by atoms with van der Waals surface area (Å²) in [6.07, 6.45) is 0.625. The van der Waals surface area contributed by atoms with Gasteiger partial charge in [-0.2, -0.15) is 0 Å². The molecule has 1 aliphatic heterocycles. The average Bonchev–Trinajstić information content (AvgIpc) is 2.90. The van der Waals surface area contributed by atoms with Crippen LogP contribution in [0.5, 0.6) is 0 Å². The highest BCUT2D eigenvalue weighted by atomic mass is 35.5. The topological polar surface area (TPSA) is 66.5 Å². The van der Waals surface area contributed by atoms with Gasteiger partial charge in [0.15, 0.2) is 0 Å². The third-order valence-corrected chi connectivity index (χ3v) is 6.05. The second kappa shape index (κ2) is 7.01. The minimum atomic E-state index is -3.36. The standard InChI is InChI=1S/C17H16ClFN2O3S/c18-15-7-6-14(11-16(15)21-8-1-9-25(21,23)24)20-17(22)10-12-2-4-13(19)5-3-12/h2-7,11H,1,8-10H2,(H,20,22). The first-order valence-electron chi connectivity index (χ1n) is 7.69. The number of halogens is 2. The van der Waals surface area contributed by atoms with E-state index in [1.54, 1.807) is 30.3 Å². The largest absolute Gasteiger partial charge is 0.326 e. The van der Waals surface area contributed by atoms with Crippen LogP contribution in [0, 0.1) is 5.82 Å². The second-order valence-corrected chi connectivity index (χ2v) is 8.18. The van der Waals surface area contributed by atoms with Gasteiger partial charge in [-0.15, -0.1) is 0 Å². The molecular weight excluding hydrogens is 367 g/mol. The Kier molecular flexibility index (Phi) is 4.96. The molecule has 0 aromatic heterocycles. The van der Waals surface area contributed by atoms with E-state index in [4.69, 9.17) is 11.6 Å². The molecule has 1 heterocycles. The van der Waals surface area contributed by atoms with Crippen molar-refractivity contribution in [1.82, 2.24) is 0 Å². The Morgan fingerprint density at radius 2 is 1.92 bits per heavy atom. The van der Waals surface area contributed by atoms with Gasteiger partial charge >= 0.3 is 0 Å². The normalized spacial score (nSPS) is 16.0. The molecule has 2 aromatic rings. The number of amides is 1. The summed E-state index contributed by atoms with van der Waals surface area (Å²) in [6.45, 7) is 0.370. The molecule has 0 unspecified atom stereocenters. The number of carbonyl (C=O) groups is 1. The smallest absolute Gasteiger partial charge is 0.235 e. The third kappa shape index (κ3) is 4.11. The van der Waals surface area contributed by atoms with E-state index in [0.29, 0.717) is 34.9 Å². The Balaban J connectivity index is 1.76. The van der Waals surface area contributed by atoms with Crippen LogP contribution in [0.25, 0.3) is 0 Å². The fourth-order valence-corrected chi connectivity index (χ4v) is 4.53. The number of sulfonamides is 1. The van der Waals surface area contributed by atoms with E-state index in [2.05, 4.69) is 5.32 Å². The highest BCUT2D eigenvalue weighted by Crippen LogP contribution is 2.33. The van der Waals surface area contributed by atoms with Gasteiger partial charge in [-0.3, -0.25) is 9.10 Å². The molecule has 0 atom stereocenters. The molecule has 132 valence electrons. The summed E-state index contributed by atoms with van der Waals surface area (Å²) < 4.78 is 38.3. The van der Waals surface area contributed by atoms with E-state index in [1.807, 2.05) is 0 Å². The third-order valence-electron chi connectivity index (χ3n) is 3.88. The Bertz CT molecular complexity index is 901. The van der Waals surface area contributed by atoms with Crippen LogP contribution in [-0.2, 0) is 21.2 Å². The van der Waals surface area contributed by atoms with E-state index in [0.717, 1.165) is 0 Å². The zero-order valence-electron chi connectivity index (χ0n) is 13.2. The average molecular weight is 383 g/mol. The van der Waals surface area contributed by atoms with Crippen molar-refractivity contribution in [3.05, 3.63) is 58.9 Å². The molecule has 1 N–H and O–H groups in total. The maximum atomic E-state index is 12.9. The lowest BCUT2D eigenvalue weighted by Crippen LogP contribution is -2.25. The monoisotopic (exact) mass is 382 g/mol. The van der Waals surface area contributed by atoms with Gasteiger partial charge in [0.05, 0.1) is 22.9 Å². The lowest BCUT2D eigenvalue weighted by molar-refractivity contribution is -0.115. The van der Waals surface area contributed by atoms with Crippen molar-refractivity contribution in [2.24, 2.45) is 0 Å². The van der Waals surface area contributed by atoms with Gasteiger partial charge in [0.2, 0.25) is 15.9 Å². The van der Waals surface area contributed by atoms with Crippen LogP contribution in [0.2, 0.25) is 5.02 Å². The van der Waals surface area contributed by atoms with E-state index in [1.165, 1.54) is 16.4 Å². The predicted molar refractivity (Wildman–Crippen MR) is 95.9 cm³/mol. The van der Waals surface area contributed by atoms with E-state index in [9.17, 15) is 17.6 Å². The molecule has 0 saturated carbocycles. The van der Waals surface area contributed by atoms with Crippen molar-refractivity contribution in [1.29, 1.82) is 0 Å². The molecule has 0 radical (unpaired) electrons. The quantitative estimate of drug-likeness (QED) is 0.883. The summed E-state index contributed by atoms with van der Waals surface area (Å²) in [4.78, 5) is 12.1. The summed E-state index contributed by atoms with van der Waals surface area (Å²) in [5, 5.41) is 3.02. The van der Waals surface area contributed by atoms with Crippen molar-refractivity contribution in [3.8, 4) is 0 Å². The first kappa shape index (κ1) is 17.7. The molecule has 0 spiro atoms. The summed E-state index contributed by atoms with van der Waals surface area (Å²) in [6, 6.07) is 10.4. The van der Waals surface area contributed by atoms with Gasteiger partial charge in [-0.05, 0) is 42.3 Å². The lowest BCUT2D eigenvalue weighted by Gasteiger charge is -2.19. The highest BCUT2D eigenvalue weighted by Gasteiger charge is 2.30. The van der Waals surface area contributed by atoms with Gasteiger partial charge in [-0.1, -0.05) is 23.7 Å². The fourth-order valence-electron chi connectivity index (χ4n) is 2.68. The number of nitrogens with zero attached hydrogens (tertiary/aromatic N) is 1. The Morgan fingerprint density at radius 3 is 2.56 bits per heavy atom. The van der Waals surface area contributed by atoms with E-state index < -0.39 is 10.0 Å². The zero-order valence-corrected chi connectivity index (χ0v) is 14.8. The molecule has 2 aromatic carbocycles. The zero-order chi connectivity index (χ0) is 18.0. The van der Waals surface area contributed by atoms with Gasteiger partial charge in [0.1, 0.15) is 5.82 Å². The molecule has 5 nitrogen and oxygen atoms in total. The van der Waals surface area contributed by atoms with Crippen LogP contribution in [0.1, 0.15) is 12.0 Å². The Labute approximate surface area is 150 Å². The Morgan fingerprint density at radius 1 is 1.20 bits per heavy atom. The van der Waals surface area contributed by atoms with Crippen LogP contribution in [-0.4, -0.2) is 26.6 Å². The maximum absolute atomic E-state index is 12.9. The van der Waals surface area contributed by atoms with Gasteiger partial charge in [0, 0.05) is 12.2 Å². The maximum Gasteiger partial charge on any atom is 0.235 e. The van der Waals surface area contributed by atoms with Crippen LogP contribution >= 0.6 is 11.6 Å². The van der Waals surface area contributed by atoms with Crippen molar-refractivity contribution in [3.63, 3.8) is 0 Å². The number of rotatable bonds is 4. The number of benzene rings is 2. The molecule has 1 aliphatic rings. The molecule has 1 amide bonds. The number of hydrogen-bond acceptors (Lipinski definition) is 3. The molecule has 25 heavy (non-hydrogen) atoms. The Hall–Kier alpha value is -2.12. The molecule has 3 rings (SSSR count). The van der Waals surface area contributed by atoms with Crippen LogP contribution in [0.15, 0.2) is 42.5 Å². The van der Waals surface area contributed by atoms with Crippen molar-refractivity contribution in [2.75, 3.05) is 21.9 Å². The highest BCUT2D eigenvalue weighted by molar-refractivity contribution is 7.93. The van der Waals surface area contributed by atoms with E-state index in [-0.39, 0.29) is 23.9 Å². The summed E-state index contributed by atoms with van der Waals surface area (Å²) in [7, 11) is -3.36. The minimum absolute atomic E-state index is 0.0836. The number of anilines is 2. The molecular formula is C17H16ClFN2O3S. The van der Waals surface area contributed by atoms with Crippen molar-refractivity contribution >= 4 is 38.9 Å². The predicted octanol–water partition coefficient (Wildman–Crippen LogP) is 3.20. The van der Waals surface area contributed by atoms with Gasteiger partial charge in [0.25, 0.3) is 0 Å². The summed E-state index contributed by atoms with van der Waals surface area (Å²) in [5.41, 5.74) is 1.49. The number of carbonyl (C=O) groups excluding carboxylic acids is 1. The van der Waals surface area contributed by atoms with Crippen LogP contribution in [0.3, 0.4) is 0 Å². The molecule has 8 heteroatoms.